The number of anilines is 3. The molecule has 3 aromatic rings. The van der Waals surface area contributed by atoms with Gasteiger partial charge in [0.05, 0.1) is 11.4 Å². The monoisotopic (exact) mass is 272 g/mol. The van der Waals surface area contributed by atoms with E-state index in [4.69, 9.17) is 0 Å². The first-order chi connectivity index (χ1) is 10.4. The third kappa shape index (κ3) is 2.09. The zero-order valence-electron chi connectivity index (χ0n) is 11.7. The summed E-state index contributed by atoms with van der Waals surface area (Å²) in [5, 5.41) is 0. The van der Waals surface area contributed by atoms with Gasteiger partial charge in [0.1, 0.15) is 5.82 Å². The molecule has 0 spiro atoms. The third-order valence-corrected chi connectivity index (χ3v) is 4.01. The van der Waals surface area contributed by atoms with Crippen molar-refractivity contribution in [2.24, 2.45) is 0 Å². The van der Waals surface area contributed by atoms with Gasteiger partial charge in [-0.2, -0.15) is 0 Å². The Labute approximate surface area is 124 Å². The van der Waals surface area contributed by atoms with Gasteiger partial charge in [-0.15, -0.1) is 0 Å². The molecular weight excluding hydrogens is 256 g/mol. The molecular formula is C19H16N2. The highest BCUT2D eigenvalue weighted by atomic mass is 15.2. The Morgan fingerprint density at radius 3 is 1.81 bits per heavy atom. The highest BCUT2D eigenvalue weighted by Gasteiger charge is 2.21. The molecule has 0 atom stereocenters. The summed E-state index contributed by atoms with van der Waals surface area (Å²) in [5.41, 5.74) is 5.22. The minimum absolute atomic E-state index is 0.972. The molecule has 2 heteroatoms. The van der Waals surface area contributed by atoms with Crippen molar-refractivity contribution in [3.63, 3.8) is 0 Å². The van der Waals surface area contributed by atoms with Crippen molar-refractivity contribution in [3.05, 3.63) is 84.1 Å². The predicted octanol–water partition coefficient (Wildman–Crippen LogP) is 4.65. The summed E-state index contributed by atoms with van der Waals surface area (Å²) in [6.07, 6.45) is 3.98. The number of aryl methyl sites for hydroxylation is 2. The van der Waals surface area contributed by atoms with E-state index in [-0.39, 0.29) is 0 Å². The Kier molecular flexibility index (Phi) is 2.93. The molecule has 0 unspecified atom stereocenters. The fraction of sp³-hybridized carbons (Fsp3) is 0.105. The van der Waals surface area contributed by atoms with Gasteiger partial charge in [-0.3, -0.25) is 4.90 Å². The van der Waals surface area contributed by atoms with E-state index in [0.29, 0.717) is 0 Å². The Balaban J connectivity index is 1.99. The topological polar surface area (TPSA) is 16.1 Å². The van der Waals surface area contributed by atoms with Crippen molar-refractivity contribution in [2.45, 2.75) is 12.8 Å². The number of hydrogen-bond acceptors (Lipinski definition) is 2. The van der Waals surface area contributed by atoms with Crippen molar-refractivity contribution in [1.29, 1.82) is 0 Å². The van der Waals surface area contributed by atoms with Gasteiger partial charge in [0.2, 0.25) is 0 Å². The van der Waals surface area contributed by atoms with Gasteiger partial charge in [0, 0.05) is 6.20 Å². The Morgan fingerprint density at radius 2 is 1.24 bits per heavy atom. The molecule has 0 saturated heterocycles. The summed E-state index contributed by atoms with van der Waals surface area (Å²) in [5.74, 6) is 0.972. The summed E-state index contributed by atoms with van der Waals surface area (Å²) in [6, 6.07) is 23.3. The average Bonchev–Trinajstić information content (AvgIpc) is 2.72. The smallest absolute Gasteiger partial charge is 0.137 e. The molecule has 2 nitrogen and oxygen atoms in total. The number of benzene rings is 2. The molecule has 4 rings (SSSR count). The minimum Gasteiger partial charge on any atom is -0.295 e. The van der Waals surface area contributed by atoms with Crippen LogP contribution in [0, 0.1) is 0 Å². The van der Waals surface area contributed by atoms with E-state index in [1.807, 2.05) is 18.3 Å². The van der Waals surface area contributed by atoms with E-state index in [9.17, 15) is 0 Å². The van der Waals surface area contributed by atoms with Gasteiger partial charge < -0.3 is 0 Å². The highest BCUT2D eigenvalue weighted by Crippen LogP contribution is 2.40. The molecule has 0 N–H and O–H groups in total. The van der Waals surface area contributed by atoms with E-state index < -0.39 is 0 Å². The summed E-state index contributed by atoms with van der Waals surface area (Å²) in [4.78, 5) is 6.84. The number of rotatable bonds is 1. The first kappa shape index (κ1) is 12.2. The molecule has 0 radical (unpaired) electrons. The fourth-order valence-corrected chi connectivity index (χ4v) is 3.01. The van der Waals surface area contributed by atoms with Gasteiger partial charge in [-0.1, -0.05) is 42.5 Å². The molecule has 102 valence electrons. The molecule has 0 aliphatic carbocycles. The molecule has 2 aromatic carbocycles. The van der Waals surface area contributed by atoms with Crippen molar-refractivity contribution < 1.29 is 0 Å². The van der Waals surface area contributed by atoms with Crippen molar-refractivity contribution in [3.8, 4) is 0 Å². The Morgan fingerprint density at radius 1 is 0.667 bits per heavy atom. The Bertz CT molecular complexity index is 718. The molecule has 0 saturated carbocycles. The maximum absolute atomic E-state index is 4.57. The van der Waals surface area contributed by atoms with Gasteiger partial charge in [0.15, 0.2) is 0 Å². The average molecular weight is 272 g/mol. The predicted molar refractivity (Wildman–Crippen MR) is 86.3 cm³/mol. The number of para-hydroxylation sites is 2. The summed E-state index contributed by atoms with van der Waals surface area (Å²) < 4.78 is 0. The lowest BCUT2D eigenvalue weighted by molar-refractivity contribution is 0.977. The minimum atomic E-state index is 0.972. The van der Waals surface area contributed by atoms with E-state index >= 15 is 0 Å². The van der Waals surface area contributed by atoms with Crippen LogP contribution in [0.5, 0.6) is 0 Å². The van der Waals surface area contributed by atoms with Crippen LogP contribution in [0.3, 0.4) is 0 Å². The summed E-state index contributed by atoms with van der Waals surface area (Å²) in [6.45, 7) is 0. The standard InChI is InChI=1S/C19H16N2/c1-3-9-17-15(7-1)12-13-16-8-2-4-10-18(16)21(17)19-11-5-6-14-20-19/h1-11,14H,12-13H2. The van der Waals surface area contributed by atoms with Crippen molar-refractivity contribution in [1.82, 2.24) is 4.98 Å². The van der Waals surface area contributed by atoms with Crippen LogP contribution in [-0.2, 0) is 12.8 Å². The molecule has 0 amide bonds. The maximum Gasteiger partial charge on any atom is 0.137 e. The first-order valence-electron chi connectivity index (χ1n) is 7.30. The van der Waals surface area contributed by atoms with E-state index in [1.54, 1.807) is 0 Å². The molecule has 2 heterocycles. The quantitative estimate of drug-likeness (QED) is 0.641. The molecule has 0 fully saturated rings. The van der Waals surface area contributed by atoms with Crippen LogP contribution in [0.25, 0.3) is 0 Å². The third-order valence-electron chi connectivity index (χ3n) is 4.01. The molecule has 1 aromatic heterocycles. The van der Waals surface area contributed by atoms with E-state index in [1.165, 1.54) is 22.5 Å². The lowest BCUT2D eigenvalue weighted by Gasteiger charge is -2.25. The van der Waals surface area contributed by atoms with Gasteiger partial charge in [-0.05, 0) is 48.2 Å². The Hall–Kier alpha value is -2.61. The number of hydrogen-bond donors (Lipinski definition) is 0. The van der Waals surface area contributed by atoms with Crippen LogP contribution < -0.4 is 4.90 Å². The van der Waals surface area contributed by atoms with Gasteiger partial charge in [0.25, 0.3) is 0 Å². The van der Waals surface area contributed by atoms with Crippen molar-refractivity contribution >= 4 is 17.2 Å². The summed E-state index contributed by atoms with van der Waals surface area (Å²) >= 11 is 0. The largest absolute Gasteiger partial charge is 0.295 e. The van der Waals surface area contributed by atoms with Crippen molar-refractivity contribution in [2.75, 3.05) is 4.90 Å². The van der Waals surface area contributed by atoms with Gasteiger partial charge in [-0.25, -0.2) is 4.98 Å². The van der Waals surface area contributed by atoms with Crippen LogP contribution in [0.2, 0.25) is 0 Å². The first-order valence-corrected chi connectivity index (χ1v) is 7.30. The maximum atomic E-state index is 4.57. The van der Waals surface area contributed by atoms with Crippen LogP contribution in [0.15, 0.2) is 72.9 Å². The number of nitrogens with zero attached hydrogens (tertiary/aromatic N) is 2. The normalized spacial score (nSPS) is 13.2. The molecule has 0 bridgehead atoms. The zero-order valence-corrected chi connectivity index (χ0v) is 11.7. The second-order valence-corrected chi connectivity index (χ2v) is 5.28. The zero-order chi connectivity index (χ0) is 14.1. The molecule has 1 aliphatic heterocycles. The van der Waals surface area contributed by atoms with E-state index in [0.717, 1.165) is 18.7 Å². The van der Waals surface area contributed by atoms with E-state index in [2.05, 4.69) is 64.5 Å². The number of aromatic nitrogens is 1. The lowest BCUT2D eigenvalue weighted by atomic mass is 10.0. The SMILES string of the molecule is c1ccc(N2c3ccccc3CCc3ccccc32)nc1. The van der Waals surface area contributed by atoms with Crippen LogP contribution in [0.4, 0.5) is 17.2 Å². The molecule has 21 heavy (non-hydrogen) atoms. The second kappa shape index (κ2) is 5.06. The summed E-state index contributed by atoms with van der Waals surface area (Å²) in [7, 11) is 0. The van der Waals surface area contributed by atoms with Crippen LogP contribution in [-0.4, -0.2) is 4.98 Å². The number of fused-ring (bicyclic) bond motifs is 2. The molecule has 1 aliphatic rings. The number of pyridine rings is 1. The van der Waals surface area contributed by atoms with Crippen LogP contribution >= 0.6 is 0 Å². The van der Waals surface area contributed by atoms with Crippen LogP contribution in [0.1, 0.15) is 11.1 Å². The second-order valence-electron chi connectivity index (χ2n) is 5.28. The van der Waals surface area contributed by atoms with Gasteiger partial charge >= 0.3 is 0 Å². The lowest BCUT2D eigenvalue weighted by Crippen LogP contribution is -2.12. The highest BCUT2D eigenvalue weighted by molar-refractivity contribution is 5.79. The fourth-order valence-electron chi connectivity index (χ4n) is 3.01.